The number of ether oxygens (including phenoxy) is 3. The molecule has 0 spiro atoms. The fourth-order valence-electron chi connectivity index (χ4n) is 7.88. The van der Waals surface area contributed by atoms with Crippen LogP contribution in [0.5, 0.6) is 0 Å². The van der Waals surface area contributed by atoms with Crippen molar-refractivity contribution in [2.45, 2.75) is 284 Å². The van der Waals surface area contributed by atoms with Crippen LogP contribution >= 0.6 is 0 Å². The number of unbranched alkanes of at least 4 members (excludes halogenated alkanes) is 29. The maximum Gasteiger partial charge on any atom is 0.306 e. The van der Waals surface area contributed by atoms with Crippen molar-refractivity contribution in [1.29, 1.82) is 0 Å². The number of rotatable bonds is 50. The average Bonchev–Trinajstić information content (AvgIpc) is 3.30. The molecule has 0 radical (unpaired) electrons. The van der Waals surface area contributed by atoms with Crippen LogP contribution in [0.3, 0.4) is 0 Å². The van der Waals surface area contributed by atoms with E-state index in [4.69, 9.17) is 14.2 Å². The van der Waals surface area contributed by atoms with E-state index in [2.05, 4.69) is 81.5 Å². The first-order valence-corrected chi connectivity index (χ1v) is 27.8. The first-order chi connectivity index (χ1) is 32.0. The molecule has 6 heteroatoms. The Bertz CT molecular complexity index is 1180. The standard InChI is InChI=1S/C59H104O6/c1-4-7-10-13-16-18-20-22-24-26-28-29-31-32-34-36-38-40-43-46-49-52-58(61)64-55-56(54-63-57(60)51-48-45-42-15-12-9-6-3)65-59(62)53-50-47-44-41-39-37-35-33-30-27-25-23-21-19-17-14-11-8-5-2/h8,11,17,19,23,25,30,33,37,39,56H,4-7,9-10,12-16,18,20-22,24,26-29,31-32,34-36,38,40-55H2,1-3H3/b11-8-,19-17-,25-23-,33-30-,39-37-. The van der Waals surface area contributed by atoms with Gasteiger partial charge in [-0.2, -0.15) is 0 Å². The first-order valence-electron chi connectivity index (χ1n) is 27.8. The van der Waals surface area contributed by atoms with Crippen molar-refractivity contribution in [3.05, 3.63) is 60.8 Å². The minimum atomic E-state index is -0.787. The van der Waals surface area contributed by atoms with Crippen LogP contribution in [-0.2, 0) is 28.6 Å². The molecule has 0 rings (SSSR count). The first kappa shape index (κ1) is 62.1. The zero-order valence-electron chi connectivity index (χ0n) is 43.0. The van der Waals surface area contributed by atoms with Crippen LogP contribution in [0.15, 0.2) is 60.8 Å². The summed E-state index contributed by atoms with van der Waals surface area (Å²) in [6.45, 7) is 6.48. The molecule has 0 aliphatic heterocycles. The van der Waals surface area contributed by atoms with Gasteiger partial charge in [0.05, 0.1) is 0 Å². The molecular weight excluding hydrogens is 805 g/mol. The van der Waals surface area contributed by atoms with E-state index < -0.39 is 6.10 Å². The minimum absolute atomic E-state index is 0.0847. The Balaban J connectivity index is 4.24. The molecule has 0 fully saturated rings. The number of hydrogen-bond acceptors (Lipinski definition) is 6. The van der Waals surface area contributed by atoms with E-state index in [1.807, 2.05) is 0 Å². The molecule has 0 aromatic rings. The fraction of sp³-hybridized carbons (Fsp3) is 0.780. The highest BCUT2D eigenvalue weighted by Crippen LogP contribution is 2.16. The summed E-state index contributed by atoms with van der Waals surface area (Å²) in [7, 11) is 0. The smallest absolute Gasteiger partial charge is 0.306 e. The molecule has 0 amide bonds. The van der Waals surface area contributed by atoms with E-state index in [-0.39, 0.29) is 31.1 Å². The number of hydrogen-bond donors (Lipinski definition) is 0. The van der Waals surface area contributed by atoms with E-state index in [0.717, 1.165) is 96.3 Å². The summed E-state index contributed by atoms with van der Waals surface area (Å²) in [5.74, 6) is -0.915. The van der Waals surface area contributed by atoms with E-state index in [9.17, 15) is 14.4 Å². The maximum atomic E-state index is 12.8. The zero-order chi connectivity index (χ0) is 47.2. The van der Waals surface area contributed by atoms with Crippen LogP contribution in [0, 0.1) is 0 Å². The monoisotopic (exact) mass is 909 g/mol. The van der Waals surface area contributed by atoms with E-state index in [1.54, 1.807) is 0 Å². The Morgan fingerprint density at radius 3 is 0.938 bits per heavy atom. The van der Waals surface area contributed by atoms with Gasteiger partial charge in [-0.1, -0.05) is 255 Å². The summed E-state index contributed by atoms with van der Waals surface area (Å²) in [4.78, 5) is 37.9. The molecule has 0 heterocycles. The molecule has 0 saturated heterocycles. The van der Waals surface area contributed by atoms with Crippen molar-refractivity contribution in [3.8, 4) is 0 Å². The Morgan fingerprint density at radius 2 is 0.600 bits per heavy atom. The lowest BCUT2D eigenvalue weighted by Crippen LogP contribution is -2.30. The minimum Gasteiger partial charge on any atom is -0.462 e. The highest BCUT2D eigenvalue weighted by atomic mass is 16.6. The van der Waals surface area contributed by atoms with Gasteiger partial charge >= 0.3 is 17.9 Å². The molecule has 0 aliphatic rings. The summed E-state index contributed by atoms with van der Waals surface area (Å²) in [6, 6.07) is 0. The average molecular weight is 909 g/mol. The van der Waals surface area contributed by atoms with Crippen molar-refractivity contribution in [3.63, 3.8) is 0 Å². The van der Waals surface area contributed by atoms with Crippen LogP contribution in [-0.4, -0.2) is 37.2 Å². The molecule has 0 aromatic heterocycles. The quantitative estimate of drug-likeness (QED) is 0.0262. The summed E-state index contributed by atoms with van der Waals surface area (Å²) in [6.07, 6.45) is 66.6. The predicted octanol–water partition coefficient (Wildman–Crippen LogP) is 18.4. The van der Waals surface area contributed by atoms with Crippen LogP contribution in [0.25, 0.3) is 0 Å². The number of carbonyl (C=O) groups excluding carboxylic acids is 3. The lowest BCUT2D eigenvalue weighted by Gasteiger charge is -2.18. The van der Waals surface area contributed by atoms with Gasteiger partial charge in [0, 0.05) is 19.3 Å². The summed E-state index contributed by atoms with van der Waals surface area (Å²) in [5, 5.41) is 0. The van der Waals surface area contributed by atoms with Crippen molar-refractivity contribution in [1.82, 2.24) is 0 Å². The molecule has 65 heavy (non-hydrogen) atoms. The van der Waals surface area contributed by atoms with Crippen LogP contribution < -0.4 is 0 Å². The summed E-state index contributed by atoms with van der Waals surface area (Å²) in [5.41, 5.74) is 0. The van der Waals surface area contributed by atoms with Crippen molar-refractivity contribution in [2.75, 3.05) is 13.2 Å². The van der Waals surface area contributed by atoms with E-state index in [0.29, 0.717) is 19.3 Å². The van der Waals surface area contributed by atoms with Gasteiger partial charge < -0.3 is 14.2 Å². The highest BCUT2D eigenvalue weighted by molar-refractivity contribution is 5.71. The SMILES string of the molecule is CC/C=C\C/C=C\C/C=C\C/C=C\C/C=C\CCCCCC(=O)OC(COC(=O)CCCCCCCCC)COC(=O)CCCCCCCCCCCCCCCCCCCCCCC. The van der Waals surface area contributed by atoms with Crippen molar-refractivity contribution >= 4 is 17.9 Å². The summed E-state index contributed by atoms with van der Waals surface area (Å²) < 4.78 is 16.7. The molecule has 1 atom stereocenters. The topological polar surface area (TPSA) is 78.9 Å². The zero-order valence-corrected chi connectivity index (χ0v) is 43.0. The van der Waals surface area contributed by atoms with E-state index in [1.165, 1.54) is 141 Å². The normalized spacial score (nSPS) is 12.5. The largest absolute Gasteiger partial charge is 0.462 e. The van der Waals surface area contributed by atoms with Gasteiger partial charge in [0.25, 0.3) is 0 Å². The highest BCUT2D eigenvalue weighted by Gasteiger charge is 2.19. The molecule has 376 valence electrons. The lowest BCUT2D eigenvalue weighted by atomic mass is 10.0. The van der Waals surface area contributed by atoms with Crippen molar-refractivity contribution < 1.29 is 28.6 Å². The molecule has 0 saturated carbocycles. The second kappa shape index (κ2) is 53.7. The third kappa shape index (κ3) is 51.9. The van der Waals surface area contributed by atoms with E-state index >= 15 is 0 Å². The molecule has 0 N–H and O–H groups in total. The fourth-order valence-corrected chi connectivity index (χ4v) is 7.88. The Hall–Kier alpha value is -2.89. The molecule has 1 unspecified atom stereocenters. The van der Waals surface area contributed by atoms with Gasteiger partial charge in [-0.25, -0.2) is 0 Å². The van der Waals surface area contributed by atoms with Gasteiger partial charge in [0.1, 0.15) is 13.2 Å². The second-order valence-electron chi connectivity index (χ2n) is 18.5. The van der Waals surface area contributed by atoms with Crippen LogP contribution in [0.4, 0.5) is 0 Å². The van der Waals surface area contributed by atoms with Crippen molar-refractivity contribution in [2.24, 2.45) is 0 Å². The third-order valence-electron chi connectivity index (χ3n) is 12.0. The van der Waals surface area contributed by atoms with Gasteiger partial charge in [-0.3, -0.25) is 14.4 Å². The lowest BCUT2D eigenvalue weighted by molar-refractivity contribution is -0.167. The third-order valence-corrected chi connectivity index (χ3v) is 12.0. The van der Waals surface area contributed by atoms with Crippen LogP contribution in [0.2, 0.25) is 0 Å². The predicted molar refractivity (Wildman–Crippen MR) is 279 cm³/mol. The Kier molecular flexibility index (Phi) is 51.3. The van der Waals surface area contributed by atoms with Gasteiger partial charge in [-0.15, -0.1) is 0 Å². The molecule has 0 bridgehead atoms. The number of carbonyl (C=O) groups is 3. The molecule has 0 aromatic carbocycles. The molecular formula is C59H104O6. The van der Waals surface area contributed by atoms with Gasteiger partial charge in [0.2, 0.25) is 0 Å². The van der Waals surface area contributed by atoms with Gasteiger partial charge in [-0.05, 0) is 64.2 Å². The number of allylic oxidation sites excluding steroid dienone is 10. The second-order valence-corrected chi connectivity index (χ2v) is 18.5. The molecule has 6 nitrogen and oxygen atoms in total. The van der Waals surface area contributed by atoms with Gasteiger partial charge in [0.15, 0.2) is 6.10 Å². The maximum absolute atomic E-state index is 12.8. The number of esters is 3. The summed E-state index contributed by atoms with van der Waals surface area (Å²) >= 11 is 0. The Morgan fingerprint density at radius 1 is 0.323 bits per heavy atom. The van der Waals surface area contributed by atoms with Crippen LogP contribution in [0.1, 0.15) is 278 Å². The molecule has 0 aliphatic carbocycles. The Labute approximate surface area is 402 Å².